The van der Waals surface area contributed by atoms with Crippen molar-refractivity contribution in [2.45, 2.75) is 38.6 Å². The molecule has 2 N–H and O–H groups in total. The number of likely N-dealkylation sites (N-methyl/N-ethyl adjacent to an activating group) is 1. The van der Waals surface area contributed by atoms with Gasteiger partial charge in [-0.15, -0.1) is 0 Å². The highest BCUT2D eigenvalue weighted by Crippen LogP contribution is 2.27. The summed E-state index contributed by atoms with van der Waals surface area (Å²) in [7, 11) is 1.56. The number of carboxylic acid groups (broad SMARTS) is 1. The maximum atomic E-state index is 12.2. The van der Waals surface area contributed by atoms with Crippen molar-refractivity contribution < 1.29 is 19.5 Å². The fourth-order valence-corrected chi connectivity index (χ4v) is 1.86. The number of carbonyl (C=O) groups is 3. The van der Waals surface area contributed by atoms with E-state index in [4.69, 9.17) is 5.11 Å². The normalized spacial score (nSPS) is 13.7. The Balaban J connectivity index is 2.46. The minimum absolute atomic E-state index is 0.00484. The van der Waals surface area contributed by atoms with E-state index in [1.807, 2.05) is 6.92 Å². The summed E-state index contributed by atoms with van der Waals surface area (Å²) in [6, 6.07) is -0.150. The minimum Gasteiger partial charge on any atom is -0.481 e. The number of hydrogen-bond acceptors (Lipinski definition) is 3. The average Bonchev–Trinajstić information content (AvgIpc) is 3.20. The maximum absolute atomic E-state index is 12.2. The van der Waals surface area contributed by atoms with Crippen LogP contribution in [0.15, 0.2) is 0 Å². The molecule has 1 aliphatic carbocycles. The zero-order chi connectivity index (χ0) is 15.1. The Kier molecular flexibility index (Phi) is 6.27. The van der Waals surface area contributed by atoms with Crippen molar-refractivity contribution in [1.82, 2.24) is 15.1 Å². The molecule has 3 amide bonds. The Labute approximate surface area is 118 Å². The third-order valence-electron chi connectivity index (χ3n) is 3.08. The molecule has 0 radical (unpaired) electrons. The quantitative estimate of drug-likeness (QED) is 0.679. The van der Waals surface area contributed by atoms with Crippen molar-refractivity contribution >= 4 is 17.9 Å². The lowest BCUT2D eigenvalue weighted by Gasteiger charge is -2.27. The van der Waals surface area contributed by atoms with Crippen LogP contribution in [0.4, 0.5) is 4.79 Å². The van der Waals surface area contributed by atoms with E-state index < -0.39 is 5.97 Å². The number of carbonyl (C=O) groups excluding carboxylic acids is 2. The summed E-state index contributed by atoms with van der Waals surface area (Å²) in [5, 5.41) is 11.4. The first-order valence-corrected chi connectivity index (χ1v) is 6.96. The molecule has 0 spiro atoms. The van der Waals surface area contributed by atoms with Crippen LogP contribution in [0.3, 0.4) is 0 Å². The number of amides is 3. The van der Waals surface area contributed by atoms with E-state index in [-0.39, 0.29) is 37.5 Å². The molecule has 0 aromatic rings. The minimum atomic E-state index is -0.924. The summed E-state index contributed by atoms with van der Waals surface area (Å²) in [5.41, 5.74) is 0. The molecule has 1 fully saturated rings. The molecule has 1 saturated carbocycles. The van der Waals surface area contributed by atoms with Gasteiger partial charge in [-0.05, 0) is 19.3 Å². The summed E-state index contributed by atoms with van der Waals surface area (Å²) in [4.78, 5) is 37.3. The molecule has 114 valence electrons. The van der Waals surface area contributed by atoms with Gasteiger partial charge in [0.2, 0.25) is 5.91 Å². The second kappa shape index (κ2) is 7.72. The lowest BCUT2D eigenvalue weighted by molar-refractivity contribution is -0.137. The van der Waals surface area contributed by atoms with E-state index in [0.717, 1.165) is 19.3 Å². The van der Waals surface area contributed by atoms with E-state index >= 15 is 0 Å². The summed E-state index contributed by atoms with van der Waals surface area (Å²) in [6.07, 6.45) is 2.58. The van der Waals surface area contributed by atoms with Crippen LogP contribution in [0.25, 0.3) is 0 Å². The molecule has 0 saturated heterocycles. The van der Waals surface area contributed by atoms with Crippen molar-refractivity contribution in [3.8, 4) is 0 Å². The number of carboxylic acids is 1. The van der Waals surface area contributed by atoms with Gasteiger partial charge in [-0.3, -0.25) is 9.59 Å². The lowest BCUT2D eigenvalue weighted by Crippen LogP contribution is -2.47. The number of nitrogens with zero attached hydrogens (tertiary/aromatic N) is 2. The number of hydrogen-bond donors (Lipinski definition) is 2. The molecule has 0 aromatic heterocycles. The molecule has 1 aliphatic rings. The lowest BCUT2D eigenvalue weighted by atomic mass is 10.3. The van der Waals surface area contributed by atoms with E-state index in [2.05, 4.69) is 5.32 Å². The number of nitrogens with one attached hydrogen (secondary N) is 1. The van der Waals surface area contributed by atoms with Gasteiger partial charge in [0.1, 0.15) is 6.54 Å². The van der Waals surface area contributed by atoms with Crippen molar-refractivity contribution in [1.29, 1.82) is 0 Å². The Bertz CT molecular complexity index is 369. The number of aliphatic carboxylic acids is 1. The summed E-state index contributed by atoms with van der Waals surface area (Å²) in [6.45, 7) is 2.73. The topological polar surface area (TPSA) is 90.0 Å². The van der Waals surface area contributed by atoms with Gasteiger partial charge >= 0.3 is 12.0 Å². The molecule has 0 aliphatic heterocycles. The van der Waals surface area contributed by atoms with Gasteiger partial charge in [0.25, 0.3) is 0 Å². The molecule has 0 aromatic carbocycles. The molecule has 0 atom stereocenters. The van der Waals surface area contributed by atoms with Crippen LogP contribution in [0.5, 0.6) is 0 Å². The highest BCUT2D eigenvalue weighted by atomic mass is 16.4. The van der Waals surface area contributed by atoms with Crippen LogP contribution < -0.4 is 5.32 Å². The standard InChI is InChI=1S/C13H23N3O4/c1-3-7-14-11(17)9-15(2)13(20)16(10-4-5-10)8-6-12(18)19/h10H,3-9H2,1-2H3,(H,14,17)(H,18,19). The molecule has 1 rings (SSSR count). The molecule has 0 unspecified atom stereocenters. The second-order valence-corrected chi connectivity index (χ2v) is 5.06. The first-order valence-electron chi connectivity index (χ1n) is 6.96. The summed E-state index contributed by atoms with van der Waals surface area (Å²) >= 11 is 0. The molecule has 0 bridgehead atoms. The van der Waals surface area contributed by atoms with E-state index in [1.165, 1.54) is 4.90 Å². The van der Waals surface area contributed by atoms with Gasteiger partial charge in [0, 0.05) is 26.2 Å². The first kappa shape index (κ1) is 16.3. The zero-order valence-electron chi connectivity index (χ0n) is 12.1. The zero-order valence-corrected chi connectivity index (χ0v) is 12.1. The fraction of sp³-hybridized carbons (Fsp3) is 0.769. The van der Waals surface area contributed by atoms with Gasteiger partial charge in [0.05, 0.1) is 6.42 Å². The van der Waals surface area contributed by atoms with Crippen LogP contribution >= 0.6 is 0 Å². The number of rotatable bonds is 8. The van der Waals surface area contributed by atoms with Gasteiger partial charge in [0.15, 0.2) is 0 Å². The van der Waals surface area contributed by atoms with Crippen LogP contribution in [0.2, 0.25) is 0 Å². The van der Waals surface area contributed by atoms with Crippen molar-refractivity contribution in [2.75, 3.05) is 26.7 Å². The highest BCUT2D eigenvalue weighted by Gasteiger charge is 2.34. The molecule has 7 nitrogen and oxygen atoms in total. The third kappa shape index (κ3) is 5.46. The van der Waals surface area contributed by atoms with Gasteiger partial charge in [-0.1, -0.05) is 6.92 Å². The molecule has 0 heterocycles. The summed E-state index contributed by atoms with van der Waals surface area (Å²) in [5.74, 6) is -1.12. The van der Waals surface area contributed by atoms with Crippen LogP contribution in [-0.4, -0.2) is 65.5 Å². The van der Waals surface area contributed by atoms with Crippen molar-refractivity contribution in [3.63, 3.8) is 0 Å². The third-order valence-corrected chi connectivity index (χ3v) is 3.08. The molecular formula is C13H23N3O4. The Hall–Kier alpha value is -1.79. The van der Waals surface area contributed by atoms with Gasteiger partial charge in [-0.2, -0.15) is 0 Å². The Morgan fingerprint density at radius 2 is 1.95 bits per heavy atom. The SMILES string of the molecule is CCCNC(=O)CN(C)C(=O)N(CCC(=O)O)C1CC1. The first-order chi connectivity index (χ1) is 9.45. The predicted octanol–water partition coefficient (Wildman–Crippen LogP) is 0.504. The largest absolute Gasteiger partial charge is 0.481 e. The van der Waals surface area contributed by atoms with Gasteiger partial charge in [-0.25, -0.2) is 4.79 Å². The van der Waals surface area contributed by atoms with E-state index in [0.29, 0.717) is 6.54 Å². The Morgan fingerprint density at radius 1 is 1.30 bits per heavy atom. The van der Waals surface area contributed by atoms with Crippen molar-refractivity contribution in [3.05, 3.63) is 0 Å². The van der Waals surface area contributed by atoms with Gasteiger partial charge < -0.3 is 20.2 Å². The molecule has 20 heavy (non-hydrogen) atoms. The van der Waals surface area contributed by atoms with Crippen molar-refractivity contribution in [2.24, 2.45) is 0 Å². The fourth-order valence-electron chi connectivity index (χ4n) is 1.86. The maximum Gasteiger partial charge on any atom is 0.320 e. The monoisotopic (exact) mass is 285 g/mol. The summed E-state index contributed by atoms with van der Waals surface area (Å²) < 4.78 is 0. The van der Waals surface area contributed by atoms with E-state index in [1.54, 1.807) is 11.9 Å². The van der Waals surface area contributed by atoms with Crippen LogP contribution in [0.1, 0.15) is 32.6 Å². The Morgan fingerprint density at radius 3 is 2.45 bits per heavy atom. The van der Waals surface area contributed by atoms with E-state index in [9.17, 15) is 14.4 Å². The van der Waals surface area contributed by atoms with Crippen LogP contribution in [0, 0.1) is 0 Å². The highest BCUT2D eigenvalue weighted by molar-refractivity contribution is 5.84. The smallest absolute Gasteiger partial charge is 0.320 e. The average molecular weight is 285 g/mol. The number of urea groups is 1. The second-order valence-electron chi connectivity index (χ2n) is 5.06. The molecule has 7 heteroatoms. The van der Waals surface area contributed by atoms with Crippen LogP contribution in [-0.2, 0) is 9.59 Å². The predicted molar refractivity (Wildman–Crippen MR) is 73.3 cm³/mol. The molecular weight excluding hydrogens is 262 g/mol.